The summed E-state index contributed by atoms with van der Waals surface area (Å²) in [6, 6.07) is 1.64. The molecule has 0 aromatic heterocycles. The van der Waals surface area contributed by atoms with Crippen LogP contribution in [0, 0.1) is 17.3 Å². The predicted molar refractivity (Wildman–Crippen MR) is 89.0 cm³/mol. The highest BCUT2D eigenvalue weighted by Crippen LogP contribution is 2.40. The smallest absolute Gasteiger partial charge is 0.00978 e. The highest BCUT2D eigenvalue weighted by Gasteiger charge is 2.33. The van der Waals surface area contributed by atoms with E-state index >= 15 is 0 Å². The van der Waals surface area contributed by atoms with E-state index in [0.29, 0.717) is 5.41 Å². The van der Waals surface area contributed by atoms with Crippen molar-refractivity contribution < 1.29 is 0 Å². The first kappa shape index (κ1) is 16.3. The Hall–Kier alpha value is -0.0400. The van der Waals surface area contributed by atoms with Gasteiger partial charge in [-0.3, -0.25) is 0 Å². The van der Waals surface area contributed by atoms with E-state index in [4.69, 9.17) is 0 Å². The first-order valence-electron chi connectivity index (χ1n) is 9.32. The molecule has 0 saturated heterocycles. The number of hydrogen-bond donors (Lipinski definition) is 1. The molecule has 0 radical (unpaired) electrons. The van der Waals surface area contributed by atoms with Crippen molar-refractivity contribution in [3.05, 3.63) is 0 Å². The SMILES string of the molecule is CCC1CCCCC1NC1CCC(C(C)(C)CC)CC1. The Morgan fingerprint density at radius 2 is 1.55 bits per heavy atom. The van der Waals surface area contributed by atoms with E-state index in [2.05, 4.69) is 33.0 Å². The third-order valence-electron chi connectivity index (χ3n) is 6.63. The average Bonchev–Trinajstić information content (AvgIpc) is 2.48. The highest BCUT2D eigenvalue weighted by molar-refractivity contribution is 4.88. The van der Waals surface area contributed by atoms with Gasteiger partial charge in [-0.15, -0.1) is 0 Å². The molecule has 2 atom stereocenters. The van der Waals surface area contributed by atoms with E-state index in [-0.39, 0.29) is 0 Å². The topological polar surface area (TPSA) is 12.0 Å². The summed E-state index contributed by atoms with van der Waals surface area (Å²) in [5, 5.41) is 4.05. The zero-order chi connectivity index (χ0) is 14.6. The van der Waals surface area contributed by atoms with Crippen LogP contribution in [0.1, 0.15) is 91.9 Å². The van der Waals surface area contributed by atoms with Gasteiger partial charge in [-0.25, -0.2) is 0 Å². The first-order valence-corrected chi connectivity index (χ1v) is 9.32. The van der Waals surface area contributed by atoms with Gasteiger partial charge in [0, 0.05) is 12.1 Å². The van der Waals surface area contributed by atoms with Gasteiger partial charge in [0.15, 0.2) is 0 Å². The minimum absolute atomic E-state index is 0.557. The van der Waals surface area contributed by atoms with Crippen LogP contribution in [0.2, 0.25) is 0 Å². The molecule has 2 saturated carbocycles. The van der Waals surface area contributed by atoms with Crippen LogP contribution in [0.3, 0.4) is 0 Å². The van der Waals surface area contributed by atoms with Gasteiger partial charge in [0.05, 0.1) is 0 Å². The molecule has 0 aromatic rings. The van der Waals surface area contributed by atoms with E-state index in [0.717, 1.165) is 23.9 Å². The van der Waals surface area contributed by atoms with E-state index in [1.54, 1.807) is 0 Å². The van der Waals surface area contributed by atoms with Crippen LogP contribution in [0.25, 0.3) is 0 Å². The molecule has 0 heterocycles. The third kappa shape index (κ3) is 4.00. The van der Waals surface area contributed by atoms with Gasteiger partial charge in [-0.1, -0.05) is 53.4 Å². The standard InChI is InChI=1S/C19H37N/c1-5-15-9-7-8-10-18(15)20-17-13-11-16(12-14-17)19(3,4)6-2/h15-18,20H,5-14H2,1-4H3. The second kappa shape index (κ2) is 7.29. The summed E-state index contributed by atoms with van der Waals surface area (Å²) in [5.41, 5.74) is 0.557. The normalized spacial score (nSPS) is 36.0. The lowest BCUT2D eigenvalue weighted by atomic mass is 9.68. The molecule has 2 fully saturated rings. The van der Waals surface area contributed by atoms with Gasteiger partial charge < -0.3 is 5.32 Å². The Labute approximate surface area is 127 Å². The lowest BCUT2D eigenvalue weighted by Crippen LogP contribution is -2.46. The molecular formula is C19H37N. The number of rotatable bonds is 5. The Bertz CT molecular complexity index is 275. The molecule has 1 heteroatoms. The van der Waals surface area contributed by atoms with Crippen molar-refractivity contribution in [3.63, 3.8) is 0 Å². The van der Waals surface area contributed by atoms with Gasteiger partial charge in [-0.2, -0.15) is 0 Å². The van der Waals surface area contributed by atoms with Crippen LogP contribution < -0.4 is 5.32 Å². The molecule has 2 rings (SSSR count). The van der Waals surface area contributed by atoms with E-state index in [1.807, 2.05) is 0 Å². The molecule has 0 bridgehead atoms. The molecule has 0 aliphatic heterocycles. The molecule has 2 unspecified atom stereocenters. The summed E-state index contributed by atoms with van der Waals surface area (Å²) in [7, 11) is 0. The monoisotopic (exact) mass is 279 g/mol. The Morgan fingerprint density at radius 3 is 2.15 bits per heavy atom. The summed E-state index contributed by atoms with van der Waals surface area (Å²) in [6.07, 6.45) is 14.2. The summed E-state index contributed by atoms with van der Waals surface area (Å²) in [6.45, 7) is 9.68. The van der Waals surface area contributed by atoms with Gasteiger partial charge in [0.1, 0.15) is 0 Å². The third-order valence-corrected chi connectivity index (χ3v) is 6.63. The van der Waals surface area contributed by atoms with Crippen LogP contribution in [0.5, 0.6) is 0 Å². The molecule has 0 spiro atoms. The number of nitrogens with one attached hydrogen (secondary N) is 1. The minimum Gasteiger partial charge on any atom is -0.311 e. The maximum absolute atomic E-state index is 4.05. The summed E-state index contributed by atoms with van der Waals surface area (Å²) >= 11 is 0. The lowest BCUT2D eigenvalue weighted by molar-refractivity contribution is 0.125. The highest BCUT2D eigenvalue weighted by atomic mass is 15.0. The van der Waals surface area contributed by atoms with Gasteiger partial charge in [0.2, 0.25) is 0 Å². The zero-order valence-electron chi connectivity index (χ0n) is 14.4. The summed E-state index contributed by atoms with van der Waals surface area (Å²) < 4.78 is 0. The van der Waals surface area contributed by atoms with Crippen LogP contribution in [0.4, 0.5) is 0 Å². The van der Waals surface area contributed by atoms with Crippen molar-refractivity contribution >= 4 is 0 Å². The molecule has 2 aliphatic carbocycles. The van der Waals surface area contributed by atoms with Gasteiger partial charge in [-0.05, 0) is 55.8 Å². The van der Waals surface area contributed by atoms with Crippen LogP contribution in [0.15, 0.2) is 0 Å². The Morgan fingerprint density at radius 1 is 0.900 bits per heavy atom. The largest absolute Gasteiger partial charge is 0.311 e. The second-order valence-corrected chi connectivity index (χ2v) is 8.12. The Kier molecular flexibility index (Phi) is 5.95. The molecular weight excluding hydrogens is 242 g/mol. The van der Waals surface area contributed by atoms with Crippen molar-refractivity contribution in [2.24, 2.45) is 17.3 Å². The maximum atomic E-state index is 4.05. The molecule has 0 aromatic carbocycles. The van der Waals surface area contributed by atoms with Crippen molar-refractivity contribution in [2.45, 2.75) is 104 Å². The van der Waals surface area contributed by atoms with Crippen molar-refractivity contribution in [1.82, 2.24) is 5.32 Å². The quantitative estimate of drug-likeness (QED) is 0.696. The fourth-order valence-electron chi connectivity index (χ4n) is 4.55. The van der Waals surface area contributed by atoms with Crippen LogP contribution in [-0.4, -0.2) is 12.1 Å². The minimum atomic E-state index is 0.557. The molecule has 1 nitrogen and oxygen atoms in total. The molecule has 1 N–H and O–H groups in total. The Balaban J connectivity index is 1.79. The van der Waals surface area contributed by atoms with E-state index < -0.39 is 0 Å². The van der Waals surface area contributed by atoms with E-state index in [1.165, 1.54) is 64.2 Å². The summed E-state index contributed by atoms with van der Waals surface area (Å²) in [4.78, 5) is 0. The van der Waals surface area contributed by atoms with Crippen molar-refractivity contribution in [3.8, 4) is 0 Å². The van der Waals surface area contributed by atoms with Crippen LogP contribution in [-0.2, 0) is 0 Å². The van der Waals surface area contributed by atoms with Gasteiger partial charge in [0.25, 0.3) is 0 Å². The fraction of sp³-hybridized carbons (Fsp3) is 1.00. The maximum Gasteiger partial charge on any atom is 0.00978 e. The number of hydrogen-bond acceptors (Lipinski definition) is 1. The average molecular weight is 280 g/mol. The summed E-state index contributed by atoms with van der Waals surface area (Å²) in [5.74, 6) is 1.91. The zero-order valence-corrected chi connectivity index (χ0v) is 14.4. The van der Waals surface area contributed by atoms with Crippen LogP contribution >= 0.6 is 0 Å². The van der Waals surface area contributed by atoms with Crippen molar-refractivity contribution in [1.29, 1.82) is 0 Å². The molecule has 20 heavy (non-hydrogen) atoms. The van der Waals surface area contributed by atoms with Gasteiger partial charge >= 0.3 is 0 Å². The first-order chi connectivity index (χ1) is 9.56. The predicted octanol–water partition coefficient (Wildman–Crippen LogP) is 5.54. The van der Waals surface area contributed by atoms with E-state index in [9.17, 15) is 0 Å². The van der Waals surface area contributed by atoms with Crippen molar-refractivity contribution in [2.75, 3.05) is 0 Å². The molecule has 118 valence electrons. The molecule has 2 aliphatic rings. The fourth-order valence-corrected chi connectivity index (χ4v) is 4.55. The second-order valence-electron chi connectivity index (χ2n) is 8.12. The molecule has 0 amide bonds. The lowest BCUT2D eigenvalue weighted by Gasteiger charge is -2.41.